The van der Waals surface area contributed by atoms with Crippen LogP contribution in [0.25, 0.3) is 0 Å². The molecule has 0 aliphatic heterocycles. The molecule has 5 nitrogen and oxygen atoms in total. The van der Waals surface area contributed by atoms with Gasteiger partial charge in [0.05, 0.1) is 12.2 Å². The van der Waals surface area contributed by atoms with E-state index in [0.717, 1.165) is 0 Å². The van der Waals surface area contributed by atoms with Crippen molar-refractivity contribution in [3.63, 3.8) is 0 Å². The molecular weight excluding hydrogens is 258 g/mol. The molecular formula is C10H11N3O2S2. The van der Waals surface area contributed by atoms with Crippen LogP contribution in [-0.4, -0.2) is 13.4 Å². The highest BCUT2D eigenvalue weighted by molar-refractivity contribution is 7.89. The van der Waals surface area contributed by atoms with E-state index < -0.39 is 10.0 Å². The van der Waals surface area contributed by atoms with Gasteiger partial charge in [-0.15, -0.1) is 11.3 Å². The third-order valence-electron chi connectivity index (χ3n) is 2.11. The number of nitrogens with one attached hydrogen (secondary N) is 1. The fourth-order valence-electron chi connectivity index (χ4n) is 1.30. The van der Waals surface area contributed by atoms with Crippen LogP contribution in [0, 0.1) is 0 Å². The highest BCUT2D eigenvalue weighted by Gasteiger charge is 2.16. The number of sulfonamides is 1. The number of hydrogen-bond donors (Lipinski definition) is 2. The van der Waals surface area contributed by atoms with Crippen molar-refractivity contribution < 1.29 is 8.42 Å². The lowest BCUT2D eigenvalue weighted by atomic mass is 10.3. The zero-order valence-electron chi connectivity index (χ0n) is 8.83. The van der Waals surface area contributed by atoms with E-state index in [4.69, 9.17) is 5.73 Å². The molecule has 0 amide bonds. The fourth-order valence-corrected chi connectivity index (χ4v) is 3.07. The normalized spacial score (nSPS) is 11.5. The second kappa shape index (κ2) is 4.82. The number of para-hydroxylation sites is 1. The average molecular weight is 269 g/mol. The molecule has 0 bridgehead atoms. The molecule has 0 aliphatic rings. The molecule has 0 fully saturated rings. The monoisotopic (exact) mass is 269 g/mol. The summed E-state index contributed by atoms with van der Waals surface area (Å²) in [5.74, 6) is 0. The van der Waals surface area contributed by atoms with Crippen molar-refractivity contribution in [2.45, 2.75) is 11.4 Å². The van der Waals surface area contributed by atoms with Crippen LogP contribution < -0.4 is 10.5 Å². The number of thiazole rings is 1. The highest BCUT2D eigenvalue weighted by atomic mass is 32.2. The summed E-state index contributed by atoms with van der Waals surface area (Å²) in [7, 11) is -3.58. The summed E-state index contributed by atoms with van der Waals surface area (Å²) >= 11 is 1.39. The van der Waals surface area contributed by atoms with E-state index in [2.05, 4.69) is 9.71 Å². The quantitative estimate of drug-likeness (QED) is 0.817. The Bertz CT molecular complexity index is 594. The summed E-state index contributed by atoms with van der Waals surface area (Å²) in [6, 6.07) is 6.35. The predicted molar refractivity (Wildman–Crippen MR) is 67.0 cm³/mol. The van der Waals surface area contributed by atoms with Gasteiger partial charge in [0.1, 0.15) is 9.90 Å². The number of hydrogen-bond acceptors (Lipinski definition) is 5. The van der Waals surface area contributed by atoms with Crippen LogP contribution in [0.15, 0.2) is 40.7 Å². The molecule has 2 rings (SSSR count). The molecule has 90 valence electrons. The molecule has 2 aromatic rings. The van der Waals surface area contributed by atoms with Gasteiger partial charge in [0.25, 0.3) is 0 Å². The highest BCUT2D eigenvalue weighted by Crippen LogP contribution is 2.17. The maximum Gasteiger partial charge on any atom is 0.242 e. The first-order chi connectivity index (χ1) is 8.09. The Kier molecular flexibility index (Phi) is 3.41. The van der Waals surface area contributed by atoms with Crippen molar-refractivity contribution in [3.05, 3.63) is 40.8 Å². The Morgan fingerprint density at radius 3 is 2.76 bits per heavy atom. The van der Waals surface area contributed by atoms with Crippen LogP contribution >= 0.6 is 11.3 Å². The molecule has 0 saturated carbocycles. The van der Waals surface area contributed by atoms with E-state index >= 15 is 0 Å². The number of nitrogens with two attached hydrogens (primary N) is 1. The molecule has 0 aliphatic carbocycles. The molecule has 0 atom stereocenters. The van der Waals surface area contributed by atoms with Crippen LogP contribution in [0.2, 0.25) is 0 Å². The Morgan fingerprint density at radius 1 is 1.35 bits per heavy atom. The van der Waals surface area contributed by atoms with E-state index in [-0.39, 0.29) is 17.1 Å². The summed E-state index contributed by atoms with van der Waals surface area (Å²) in [6.45, 7) is 0.175. The van der Waals surface area contributed by atoms with Gasteiger partial charge in [-0.1, -0.05) is 12.1 Å². The minimum atomic E-state index is -3.58. The molecule has 0 unspecified atom stereocenters. The zero-order chi connectivity index (χ0) is 12.3. The maximum atomic E-state index is 11.9. The van der Waals surface area contributed by atoms with Gasteiger partial charge in [0, 0.05) is 11.6 Å². The molecule has 0 spiro atoms. The SMILES string of the molecule is Nc1ccccc1S(=O)(=O)NCc1nccs1. The lowest BCUT2D eigenvalue weighted by molar-refractivity contribution is 0.581. The van der Waals surface area contributed by atoms with Gasteiger partial charge in [0.2, 0.25) is 10.0 Å². The van der Waals surface area contributed by atoms with Crippen molar-refractivity contribution in [2.75, 3.05) is 5.73 Å². The van der Waals surface area contributed by atoms with Crippen LogP contribution in [0.3, 0.4) is 0 Å². The average Bonchev–Trinajstić information content (AvgIpc) is 2.80. The predicted octanol–water partition coefficient (Wildman–Crippen LogP) is 1.20. The van der Waals surface area contributed by atoms with Crippen LogP contribution in [-0.2, 0) is 16.6 Å². The Balaban J connectivity index is 2.17. The second-order valence-electron chi connectivity index (χ2n) is 3.29. The van der Waals surface area contributed by atoms with Gasteiger partial charge >= 0.3 is 0 Å². The Hall–Kier alpha value is -1.44. The number of aromatic nitrogens is 1. The van der Waals surface area contributed by atoms with Gasteiger partial charge in [-0.25, -0.2) is 18.1 Å². The third-order valence-corrected chi connectivity index (χ3v) is 4.36. The van der Waals surface area contributed by atoms with Crippen molar-refractivity contribution in [2.24, 2.45) is 0 Å². The summed E-state index contributed by atoms with van der Waals surface area (Å²) in [4.78, 5) is 4.09. The number of nitrogen functional groups attached to an aromatic ring is 1. The van der Waals surface area contributed by atoms with Crippen LogP contribution in [0.5, 0.6) is 0 Å². The van der Waals surface area contributed by atoms with Gasteiger partial charge in [0.15, 0.2) is 0 Å². The number of rotatable bonds is 4. The third kappa shape index (κ3) is 2.82. The molecule has 0 radical (unpaired) electrons. The Morgan fingerprint density at radius 2 is 2.12 bits per heavy atom. The van der Waals surface area contributed by atoms with Crippen LogP contribution in [0.1, 0.15) is 5.01 Å². The molecule has 3 N–H and O–H groups in total. The van der Waals surface area contributed by atoms with Gasteiger partial charge in [-0.2, -0.15) is 0 Å². The van der Waals surface area contributed by atoms with E-state index in [0.29, 0.717) is 5.01 Å². The Labute approximate surface area is 103 Å². The molecule has 7 heteroatoms. The van der Waals surface area contributed by atoms with Crippen molar-refractivity contribution in [3.8, 4) is 0 Å². The zero-order valence-corrected chi connectivity index (χ0v) is 10.5. The number of benzene rings is 1. The van der Waals surface area contributed by atoms with E-state index in [1.165, 1.54) is 17.4 Å². The largest absolute Gasteiger partial charge is 0.398 e. The molecule has 0 saturated heterocycles. The molecule has 1 heterocycles. The topological polar surface area (TPSA) is 85.1 Å². The molecule has 1 aromatic carbocycles. The number of nitrogens with zero attached hydrogens (tertiary/aromatic N) is 1. The minimum Gasteiger partial charge on any atom is -0.398 e. The number of anilines is 1. The fraction of sp³-hybridized carbons (Fsp3) is 0.100. The minimum absolute atomic E-state index is 0.0940. The van der Waals surface area contributed by atoms with Gasteiger partial charge in [-0.05, 0) is 12.1 Å². The van der Waals surface area contributed by atoms with Gasteiger partial charge in [-0.3, -0.25) is 0 Å². The first kappa shape index (κ1) is 12.0. The lowest BCUT2D eigenvalue weighted by Gasteiger charge is -2.07. The first-order valence-electron chi connectivity index (χ1n) is 4.82. The maximum absolute atomic E-state index is 11.9. The van der Waals surface area contributed by atoms with Crippen molar-refractivity contribution in [1.82, 2.24) is 9.71 Å². The lowest BCUT2D eigenvalue weighted by Crippen LogP contribution is -2.24. The van der Waals surface area contributed by atoms with Crippen LogP contribution in [0.4, 0.5) is 5.69 Å². The first-order valence-corrected chi connectivity index (χ1v) is 7.18. The van der Waals surface area contributed by atoms with E-state index in [1.54, 1.807) is 29.8 Å². The standard InChI is InChI=1S/C10H11N3O2S2/c11-8-3-1-2-4-9(8)17(14,15)13-7-10-12-5-6-16-10/h1-6,13H,7,11H2. The van der Waals surface area contributed by atoms with Gasteiger partial charge < -0.3 is 5.73 Å². The smallest absolute Gasteiger partial charge is 0.242 e. The van der Waals surface area contributed by atoms with Crippen molar-refractivity contribution in [1.29, 1.82) is 0 Å². The summed E-state index contributed by atoms with van der Waals surface area (Å²) in [5, 5.41) is 2.50. The van der Waals surface area contributed by atoms with Crippen molar-refractivity contribution >= 4 is 27.0 Å². The van der Waals surface area contributed by atoms with E-state index in [9.17, 15) is 8.42 Å². The summed E-state index contributed by atoms with van der Waals surface area (Å²) < 4.78 is 26.3. The molecule has 1 aromatic heterocycles. The summed E-state index contributed by atoms with van der Waals surface area (Å²) in [6.07, 6.45) is 1.63. The van der Waals surface area contributed by atoms with E-state index in [1.807, 2.05) is 0 Å². The molecule has 17 heavy (non-hydrogen) atoms. The summed E-state index contributed by atoms with van der Waals surface area (Å²) in [5.41, 5.74) is 5.86. The second-order valence-corrected chi connectivity index (χ2v) is 6.00.